The minimum atomic E-state index is -0.750. The number of carbonyl (C=O) groups is 1. The summed E-state index contributed by atoms with van der Waals surface area (Å²) in [5.74, 6) is 0.590. The molecule has 0 radical (unpaired) electrons. The Balaban J connectivity index is 1.81. The molecular weight excluding hydrogens is 282 g/mol. The first-order valence-corrected chi connectivity index (χ1v) is 7.21. The molecular formula is C16H21N3O3. The number of amides is 1. The predicted molar refractivity (Wildman–Crippen MR) is 82.4 cm³/mol. The van der Waals surface area contributed by atoms with Crippen LogP contribution >= 0.6 is 0 Å². The van der Waals surface area contributed by atoms with Crippen molar-refractivity contribution in [3.63, 3.8) is 0 Å². The van der Waals surface area contributed by atoms with Gasteiger partial charge in [-0.1, -0.05) is 12.1 Å². The molecule has 1 amide bonds. The van der Waals surface area contributed by atoms with Gasteiger partial charge < -0.3 is 19.7 Å². The standard InChI is InChI=1S/C16H21N3O3/c1-12(2)22-14-5-3-13(4-6-14)15(20)9-18-16(21)10-19-8-7-17-11-19/h3-8,11-12,15,20H,9-10H2,1-2H3,(H,18,21). The van der Waals surface area contributed by atoms with Crippen molar-refractivity contribution < 1.29 is 14.6 Å². The monoisotopic (exact) mass is 303 g/mol. The first kappa shape index (κ1) is 16.0. The molecule has 6 nitrogen and oxygen atoms in total. The molecule has 22 heavy (non-hydrogen) atoms. The van der Waals surface area contributed by atoms with Crippen LogP contribution in [0.25, 0.3) is 0 Å². The van der Waals surface area contributed by atoms with Crippen LogP contribution in [0.15, 0.2) is 43.0 Å². The summed E-state index contributed by atoms with van der Waals surface area (Å²) in [4.78, 5) is 15.6. The summed E-state index contributed by atoms with van der Waals surface area (Å²) in [7, 11) is 0. The van der Waals surface area contributed by atoms with Crippen LogP contribution in [0.1, 0.15) is 25.5 Å². The minimum Gasteiger partial charge on any atom is -0.491 e. The zero-order valence-corrected chi connectivity index (χ0v) is 12.8. The van der Waals surface area contributed by atoms with Crippen molar-refractivity contribution in [2.75, 3.05) is 6.54 Å². The van der Waals surface area contributed by atoms with E-state index in [1.165, 1.54) is 0 Å². The lowest BCUT2D eigenvalue weighted by atomic mass is 10.1. The fraction of sp³-hybridized carbons (Fsp3) is 0.375. The van der Waals surface area contributed by atoms with Crippen LogP contribution < -0.4 is 10.1 Å². The van der Waals surface area contributed by atoms with Gasteiger partial charge in [-0.15, -0.1) is 0 Å². The van der Waals surface area contributed by atoms with E-state index in [0.29, 0.717) is 0 Å². The van der Waals surface area contributed by atoms with Crippen LogP contribution in [0.2, 0.25) is 0 Å². The molecule has 118 valence electrons. The van der Waals surface area contributed by atoms with Crippen LogP contribution in [0.5, 0.6) is 5.75 Å². The van der Waals surface area contributed by atoms with E-state index in [0.717, 1.165) is 11.3 Å². The molecule has 1 heterocycles. The van der Waals surface area contributed by atoms with E-state index < -0.39 is 6.10 Å². The molecule has 1 atom stereocenters. The highest BCUT2D eigenvalue weighted by Crippen LogP contribution is 2.18. The highest BCUT2D eigenvalue weighted by molar-refractivity contribution is 5.75. The van der Waals surface area contributed by atoms with Crippen LogP contribution in [-0.4, -0.2) is 33.2 Å². The van der Waals surface area contributed by atoms with E-state index in [9.17, 15) is 9.90 Å². The number of aromatic nitrogens is 2. The summed E-state index contributed by atoms with van der Waals surface area (Å²) in [5, 5.41) is 12.8. The van der Waals surface area contributed by atoms with Gasteiger partial charge in [-0.05, 0) is 31.5 Å². The highest BCUT2D eigenvalue weighted by atomic mass is 16.5. The van der Waals surface area contributed by atoms with Crippen LogP contribution in [0.4, 0.5) is 0 Å². The fourth-order valence-electron chi connectivity index (χ4n) is 1.97. The zero-order chi connectivity index (χ0) is 15.9. The Morgan fingerprint density at radius 1 is 1.36 bits per heavy atom. The third-order valence-electron chi connectivity index (χ3n) is 3.01. The molecule has 2 N–H and O–H groups in total. The molecule has 1 aromatic carbocycles. The second-order valence-corrected chi connectivity index (χ2v) is 5.29. The number of ether oxygens (including phenoxy) is 1. The van der Waals surface area contributed by atoms with Crippen molar-refractivity contribution >= 4 is 5.91 Å². The quantitative estimate of drug-likeness (QED) is 0.813. The fourth-order valence-corrected chi connectivity index (χ4v) is 1.97. The summed E-state index contributed by atoms with van der Waals surface area (Å²) in [6, 6.07) is 7.21. The molecule has 6 heteroatoms. The number of hydrogen-bond donors (Lipinski definition) is 2. The minimum absolute atomic E-state index is 0.109. The molecule has 0 aliphatic rings. The third-order valence-corrected chi connectivity index (χ3v) is 3.01. The largest absolute Gasteiger partial charge is 0.491 e. The van der Waals surface area contributed by atoms with Crippen molar-refractivity contribution in [2.45, 2.75) is 32.6 Å². The van der Waals surface area contributed by atoms with E-state index in [1.54, 1.807) is 35.4 Å². The Labute approximate surface area is 129 Å². The van der Waals surface area contributed by atoms with E-state index in [-0.39, 0.29) is 25.1 Å². The van der Waals surface area contributed by atoms with Gasteiger partial charge in [-0.25, -0.2) is 4.98 Å². The molecule has 2 aromatic rings. The Morgan fingerprint density at radius 3 is 2.68 bits per heavy atom. The maximum absolute atomic E-state index is 11.7. The number of aliphatic hydroxyl groups is 1. The average molecular weight is 303 g/mol. The SMILES string of the molecule is CC(C)Oc1ccc(C(O)CNC(=O)Cn2ccnc2)cc1. The number of nitrogens with zero attached hydrogens (tertiary/aromatic N) is 2. The topological polar surface area (TPSA) is 76.4 Å². The molecule has 0 aliphatic heterocycles. The van der Waals surface area contributed by atoms with Gasteiger partial charge in [0.2, 0.25) is 5.91 Å². The molecule has 2 rings (SSSR count). The van der Waals surface area contributed by atoms with Crippen LogP contribution in [-0.2, 0) is 11.3 Å². The normalized spacial score (nSPS) is 12.2. The number of nitrogens with one attached hydrogen (secondary N) is 1. The van der Waals surface area contributed by atoms with Crippen LogP contribution in [0, 0.1) is 0 Å². The summed E-state index contributed by atoms with van der Waals surface area (Å²) >= 11 is 0. The lowest BCUT2D eigenvalue weighted by Gasteiger charge is -2.14. The summed E-state index contributed by atoms with van der Waals surface area (Å²) in [5.41, 5.74) is 0.735. The van der Waals surface area contributed by atoms with Crippen molar-refractivity contribution in [1.29, 1.82) is 0 Å². The number of rotatable bonds is 7. The zero-order valence-electron chi connectivity index (χ0n) is 12.8. The van der Waals surface area contributed by atoms with Gasteiger partial charge in [0.15, 0.2) is 0 Å². The van der Waals surface area contributed by atoms with Gasteiger partial charge in [-0.3, -0.25) is 4.79 Å². The molecule has 0 bridgehead atoms. The van der Waals surface area contributed by atoms with Crippen molar-refractivity contribution in [2.24, 2.45) is 0 Å². The Morgan fingerprint density at radius 2 is 2.09 bits per heavy atom. The average Bonchev–Trinajstić information content (AvgIpc) is 2.98. The first-order chi connectivity index (χ1) is 10.5. The van der Waals surface area contributed by atoms with Gasteiger partial charge in [0.05, 0.1) is 18.5 Å². The molecule has 0 spiro atoms. The van der Waals surface area contributed by atoms with Crippen molar-refractivity contribution in [1.82, 2.24) is 14.9 Å². The molecule has 0 fully saturated rings. The maximum atomic E-state index is 11.7. The Kier molecular flexibility index (Phi) is 5.55. The van der Waals surface area contributed by atoms with Gasteiger partial charge >= 0.3 is 0 Å². The Hall–Kier alpha value is -2.34. The van der Waals surface area contributed by atoms with E-state index in [2.05, 4.69) is 10.3 Å². The number of hydrogen-bond acceptors (Lipinski definition) is 4. The highest BCUT2D eigenvalue weighted by Gasteiger charge is 2.10. The number of imidazole rings is 1. The number of aliphatic hydroxyl groups excluding tert-OH is 1. The van der Waals surface area contributed by atoms with Gasteiger partial charge in [0.1, 0.15) is 12.3 Å². The summed E-state index contributed by atoms with van der Waals surface area (Å²) in [6.45, 7) is 4.27. The van der Waals surface area contributed by atoms with Crippen molar-refractivity contribution in [3.8, 4) is 5.75 Å². The first-order valence-electron chi connectivity index (χ1n) is 7.21. The third kappa shape index (κ3) is 4.89. The number of benzene rings is 1. The lowest BCUT2D eigenvalue weighted by molar-refractivity contribution is -0.122. The van der Waals surface area contributed by atoms with Gasteiger partial charge in [0.25, 0.3) is 0 Å². The molecule has 0 aliphatic carbocycles. The molecule has 0 saturated carbocycles. The van der Waals surface area contributed by atoms with E-state index >= 15 is 0 Å². The molecule has 1 aromatic heterocycles. The predicted octanol–water partition coefficient (Wildman–Crippen LogP) is 1.52. The van der Waals surface area contributed by atoms with Crippen LogP contribution in [0.3, 0.4) is 0 Å². The second kappa shape index (κ2) is 7.61. The Bertz CT molecular complexity index is 579. The molecule has 1 unspecified atom stereocenters. The summed E-state index contributed by atoms with van der Waals surface area (Å²) in [6.07, 6.45) is 4.26. The number of carbonyl (C=O) groups excluding carboxylic acids is 1. The summed E-state index contributed by atoms with van der Waals surface area (Å²) < 4.78 is 7.21. The lowest BCUT2D eigenvalue weighted by Crippen LogP contribution is -2.31. The van der Waals surface area contributed by atoms with Gasteiger partial charge in [0, 0.05) is 18.9 Å². The smallest absolute Gasteiger partial charge is 0.240 e. The molecule has 0 saturated heterocycles. The maximum Gasteiger partial charge on any atom is 0.240 e. The van der Waals surface area contributed by atoms with Gasteiger partial charge in [-0.2, -0.15) is 0 Å². The van der Waals surface area contributed by atoms with E-state index in [4.69, 9.17) is 4.74 Å². The van der Waals surface area contributed by atoms with E-state index in [1.807, 2.05) is 26.0 Å². The second-order valence-electron chi connectivity index (χ2n) is 5.29. The van der Waals surface area contributed by atoms with Crippen molar-refractivity contribution in [3.05, 3.63) is 48.5 Å².